The summed E-state index contributed by atoms with van der Waals surface area (Å²) in [7, 11) is 1.88. The van der Waals surface area contributed by atoms with E-state index in [1.165, 1.54) is 0 Å². The maximum Gasteiger partial charge on any atom is 0.232 e. The maximum atomic E-state index is 12.4. The molecular formula is C16H20ClN5O2. The topological polar surface area (TPSA) is 81.1 Å². The van der Waals surface area contributed by atoms with Gasteiger partial charge in [0.05, 0.1) is 18.7 Å². The molecule has 0 bridgehead atoms. The summed E-state index contributed by atoms with van der Waals surface area (Å²) in [5.41, 5.74) is 1.08. The van der Waals surface area contributed by atoms with Gasteiger partial charge in [-0.05, 0) is 17.7 Å². The number of pyridine rings is 1. The average molecular weight is 350 g/mol. The van der Waals surface area contributed by atoms with Gasteiger partial charge in [-0.25, -0.2) is 4.98 Å². The van der Waals surface area contributed by atoms with Crippen molar-refractivity contribution in [3.63, 3.8) is 0 Å². The molecule has 2 aromatic heterocycles. The SMILES string of the molecule is Cn1cc([C@H]2CNC[C@@H]2C(=O)NCCOc2ncccc2Cl)cn1. The summed E-state index contributed by atoms with van der Waals surface area (Å²) >= 11 is 5.97. The monoisotopic (exact) mass is 349 g/mol. The number of amides is 1. The van der Waals surface area contributed by atoms with Crippen molar-refractivity contribution < 1.29 is 9.53 Å². The fourth-order valence-corrected chi connectivity index (χ4v) is 3.04. The van der Waals surface area contributed by atoms with Gasteiger partial charge in [0.2, 0.25) is 11.8 Å². The number of nitrogens with one attached hydrogen (secondary N) is 2. The first-order valence-electron chi connectivity index (χ1n) is 7.85. The highest BCUT2D eigenvalue weighted by Crippen LogP contribution is 2.27. The molecule has 1 aliphatic rings. The van der Waals surface area contributed by atoms with Crippen LogP contribution in [-0.4, -0.2) is 46.9 Å². The third-order valence-electron chi connectivity index (χ3n) is 4.07. The number of carbonyl (C=O) groups excluding carboxylic acids is 1. The Morgan fingerprint density at radius 1 is 1.54 bits per heavy atom. The smallest absolute Gasteiger partial charge is 0.232 e. The Balaban J connectivity index is 1.49. The average Bonchev–Trinajstić information content (AvgIpc) is 3.21. The van der Waals surface area contributed by atoms with E-state index in [9.17, 15) is 4.79 Å². The second-order valence-corrected chi connectivity index (χ2v) is 6.16. The molecule has 3 rings (SSSR count). The van der Waals surface area contributed by atoms with E-state index in [1.54, 1.807) is 23.0 Å². The highest BCUT2D eigenvalue weighted by molar-refractivity contribution is 6.31. The molecule has 0 radical (unpaired) electrons. The lowest BCUT2D eigenvalue weighted by Crippen LogP contribution is -2.36. The van der Waals surface area contributed by atoms with Crippen molar-refractivity contribution in [3.8, 4) is 5.88 Å². The zero-order valence-electron chi connectivity index (χ0n) is 13.4. The Bertz CT molecular complexity index is 705. The molecule has 1 amide bonds. The molecule has 0 aromatic carbocycles. The lowest BCUT2D eigenvalue weighted by molar-refractivity contribution is -0.124. The predicted octanol–water partition coefficient (Wildman–Crippen LogP) is 0.967. The molecule has 1 saturated heterocycles. The number of hydrogen-bond donors (Lipinski definition) is 2. The van der Waals surface area contributed by atoms with Gasteiger partial charge in [0.25, 0.3) is 0 Å². The van der Waals surface area contributed by atoms with Gasteiger partial charge in [0, 0.05) is 38.4 Å². The van der Waals surface area contributed by atoms with Gasteiger partial charge in [-0.2, -0.15) is 5.10 Å². The van der Waals surface area contributed by atoms with E-state index < -0.39 is 0 Å². The van der Waals surface area contributed by atoms with Crippen LogP contribution >= 0.6 is 11.6 Å². The first-order chi connectivity index (χ1) is 11.6. The van der Waals surface area contributed by atoms with E-state index in [-0.39, 0.29) is 17.7 Å². The van der Waals surface area contributed by atoms with Gasteiger partial charge in [-0.15, -0.1) is 0 Å². The highest BCUT2D eigenvalue weighted by Gasteiger charge is 2.34. The minimum Gasteiger partial charge on any atom is -0.475 e. The molecule has 2 N–H and O–H groups in total. The lowest BCUT2D eigenvalue weighted by atomic mass is 9.90. The van der Waals surface area contributed by atoms with Crippen molar-refractivity contribution >= 4 is 17.5 Å². The molecule has 0 saturated carbocycles. The van der Waals surface area contributed by atoms with E-state index in [2.05, 4.69) is 20.7 Å². The summed E-state index contributed by atoms with van der Waals surface area (Å²) in [4.78, 5) is 16.5. The summed E-state index contributed by atoms with van der Waals surface area (Å²) in [6.45, 7) is 2.17. The van der Waals surface area contributed by atoms with Crippen LogP contribution in [-0.2, 0) is 11.8 Å². The standard InChI is InChI=1S/C16H20ClN5O2/c1-22-10-11(7-21-22)12-8-18-9-13(12)15(23)19-5-6-24-16-14(17)3-2-4-20-16/h2-4,7,10,12-13,18H,5-6,8-9H2,1H3,(H,19,23)/t12-,13+/m1/s1. The molecule has 8 heteroatoms. The molecule has 2 atom stereocenters. The van der Waals surface area contributed by atoms with E-state index >= 15 is 0 Å². The third kappa shape index (κ3) is 3.85. The van der Waals surface area contributed by atoms with E-state index in [0.29, 0.717) is 30.6 Å². The largest absolute Gasteiger partial charge is 0.475 e. The molecule has 1 aliphatic heterocycles. The number of aryl methyl sites for hydroxylation is 1. The lowest BCUT2D eigenvalue weighted by Gasteiger charge is -2.17. The summed E-state index contributed by atoms with van der Waals surface area (Å²) in [5.74, 6) is 0.436. The number of aromatic nitrogens is 3. The molecule has 7 nitrogen and oxygen atoms in total. The molecular weight excluding hydrogens is 330 g/mol. The summed E-state index contributed by atoms with van der Waals surface area (Å²) in [5, 5.41) is 10.8. The molecule has 1 fully saturated rings. The van der Waals surface area contributed by atoms with Gasteiger partial charge in [-0.1, -0.05) is 11.6 Å². The summed E-state index contributed by atoms with van der Waals surface area (Å²) in [6, 6.07) is 3.45. The quantitative estimate of drug-likeness (QED) is 0.759. The van der Waals surface area contributed by atoms with Gasteiger partial charge >= 0.3 is 0 Å². The molecule has 128 valence electrons. The van der Waals surface area contributed by atoms with E-state index in [1.807, 2.05) is 19.4 Å². The molecule has 0 unspecified atom stereocenters. The Hall–Kier alpha value is -2.12. The van der Waals surface area contributed by atoms with Gasteiger partial charge in [0.15, 0.2) is 0 Å². The fraction of sp³-hybridized carbons (Fsp3) is 0.438. The minimum atomic E-state index is -0.104. The number of rotatable bonds is 6. The van der Waals surface area contributed by atoms with Crippen LogP contribution in [0.4, 0.5) is 0 Å². The van der Waals surface area contributed by atoms with Crippen LogP contribution in [0.3, 0.4) is 0 Å². The molecule has 3 heterocycles. The second kappa shape index (κ2) is 7.63. The number of halogens is 1. The predicted molar refractivity (Wildman–Crippen MR) is 90.1 cm³/mol. The van der Waals surface area contributed by atoms with Crippen LogP contribution in [0, 0.1) is 5.92 Å². The molecule has 0 spiro atoms. The number of carbonyl (C=O) groups is 1. The first kappa shape index (κ1) is 16.7. The summed E-state index contributed by atoms with van der Waals surface area (Å²) in [6.07, 6.45) is 5.40. The molecule has 24 heavy (non-hydrogen) atoms. The van der Waals surface area contributed by atoms with Crippen molar-refractivity contribution in [2.45, 2.75) is 5.92 Å². The Morgan fingerprint density at radius 2 is 2.42 bits per heavy atom. The van der Waals surface area contributed by atoms with Crippen molar-refractivity contribution in [1.82, 2.24) is 25.4 Å². The number of hydrogen-bond acceptors (Lipinski definition) is 5. The van der Waals surface area contributed by atoms with Crippen LogP contribution in [0.25, 0.3) is 0 Å². The number of ether oxygens (including phenoxy) is 1. The van der Waals surface area contributed by atoms with Crippen LogP contribution in [0.15, 0.2) is 30.7 Å². The van der Waals surface area contributed by atoms with Gasteiger partial charge in [-0.3, -0.25) is 9.48 Å². The zero-order valence-corrected chi connectivity index (χ0v) is 14.2. The second-order valence-electron chi connectivity index (χ2n) is 5.75. The van der Waals surface area contributed by atoms with Crippen LogP contribution in [0.1, 0.15) is 11.5 Å². The van der Waals surface area contributed by atoms with E-state index in [4.69, 9.17) is 16.3 Å². The zero-order chi connectivity index (χ0) is 16.9. The Morgan fingerprint density at radius 3 is 3.17 bits per heavy atom. The van der Waals surface area contributed by atoms with Crippen molar-refractivity contribution in [2.24, 2.45) is 13.0 Å². The normalized spacial score (nSPS) is 20.1. The van der Waals surface area contributed by atoms with Gasteiger partial charge < -0.3 is 15.4 Å². The first-order valence-corrected chi connectivity index (χ1v) is 8.23. The maximum absolute atomic E-state index is 12.4. The van der Waals surface area contributed by atoms with Crippen molar-refractivity contribution in [3.05, 3.63) is 41.3 Å². The van der Waals surface area contributed by atoms with E-state index in [0.717, 1.165) is 12.1 Å². The van der Waals surface area contributed by atoms with Gasteiger partial charge in [0.1, 0.15) is 11.6 Å². The van der Waals surface area contributed by atoms with Crippen LogP contribution in [0.2, 0.25) is 5.02 Å². The Kier molecular flexibility index (Phi) is 5.32. The minimum absolute atomic E-state index is 0.0181. The van der Waals surface area contributed by atoms with Crippen molar-refractivity contribution in [2.75, 3.05) is 26.2 Å². The third-order valence-corrected chi connectivity index (χ3v) is 4.36. The number of nitrogens with zero attached hydrogens (tertiary/aromatic N) is 3. The molecule has 0 aliphatic carbocycles. The van der Waals surface area contributed by atoms with Crippen LogP contribution < -0.4 is 15.4 Å². The summed E-state index contributed by atoms with van der Waals surface area (Å²) < 4.78 is 7.23. The van der Waals surface area contributed by atoms with Crippen molar-refractivity contribution in [1.29, 1.82) is 0 Å². The van der Waals surface area contributed by atoms with Crippen LogP contribution in [0.5, 0.6) is 5.88 Å². The highest BCUT2D eigenvalue weighted by atomic mass is 35.5. The fourth-order valence-electron chi connectivity index (χ4n) is 2.87. The molecule has 2 aromatic rings. The Labute approximate surface area is 145 Å².